The number of rotatable bonds is 5. The number of carboxylic acids is 1. The Kier molecular flexibility index (Phi) is 3.77. The minimum atomic E-state index is -0.790. The molecule has 1 aromatic carbocycles. The minimum Gasteiger partial charge on any atom is -0.481 e. The van der Waals surface area contributed by atoms with Gasteiger partial charge in [-0.2, -0.15) is 5.10 Å². The third-order valence-corrected chi connectivity index (χ3v) is 2.79. The summed E-state index contributed by atoms with van der Waals surface area (Å²) in [6.07, 6.45) is 0.594. The maximum atomic E-state index is 10.6. The Morgan fingerprint density at radius 1 is 1.33 bits per heavy atom. The molecule has 18 heavy (non-hydrogen) atoms. The van der Waals surface area contributed by atoms with E-state index in [9.17, 15) is 4.79 Å². The van der Waals surface area contributed by atoms with Gasteiger partial charge in [0.25, 0.3) is 0 Å². The van der Waals surface area contributed by atoms with Gasteiger partial charge in [0.05, 0.1) is 17.8 Å². The number of carboxylic acid groups (broad SMARTS) is 1. The van der Waals surface area contributed by atoms with Crippen molar-refractivity contribution in [3.05, 3.63) is 42.1 Å². The summed E-state index contributed by atoms with van der Waals surface area (Å²) in [5.74, 6) is -0.790. The third kappa shape index (κ3) is 2.77. The molecule has 1 heterocycles. The number of aliphatic carboxylic acids is 1. The molecule has 0 fully saturated rings. The van der Waals surface area contributed by atoms with Gasteiger partial charge in [0.1, 0.15) is 0 Å². The lowest BCUT2D eigenvalue weighted by atomic mass is 10.1. The van der Waals surface area contributed by atoms with E-state index in [1.165, 1.54) is 0 Å². The van der Waals surface area contributed by atoms with Crippen LogP contribution in [0.4, 0.5) is 0 Å². The second-order valence-corrected chi connectivity index (χ2v) is 4.10. The Morgan fingerprint density at radius 2 is 2.06 bits per heavy atom. The van der Waals surface area contributed by atoms with Crippen LogP contribution in [0, 0.1) is 0 Å². The van der Waals surface area contributed by atoms with Crippen molar-refractivity contribution in [1.82, 2.24) is 9.78 Å². The molecule has 2 rings (SSSR count). The molecule has 0 aliphatic rings. The van der Waals surface area contributed by atoms with Crippen LogP contribution in [0.5, 0.6) is 0 Å². The molecule has 0 spiro atoms. The molecule has 94 valence electrons. The smallest absolute Gasteiger partial charge is 0.303 e. The highest BCUT2D eigenvalue weighted by Gasteiger charge is 2.09. The summed E-state index contributed by atoms with van der Waals surface area (Å²) in [4.78, 5) is 10.6. The molecule has 0 unspecified atom stereocenters. The molecule has 4 nitrogen and oxygen atoms in total. The van der Waals surface area contributed by atoms with Crippen LogP contribution in [0.25, 0.3) is 11.3 Å². The number of carbonyl (C=O) groups is 1. The van der Waals surface area contributed by atoms with Crippen LogP contribution in [-0.4, -0.2) is 20.9 Å². The van der Waals surface area contributed by atoms with E-state index in [2.05, 4.69) is 5.10 Å². The van der Waals surface area contributed by atoms with Crippen LogP contribution in [-0.2, 0) is 17.8 Å². The second-order valence-electron chi connectivity index (χ2n) is 4.10. The van der Waals surface area contributed by atoms with Gasteiger partial charge in [-0.1, -0.05) is 30.3 Å². The van der Waals surface area contributed by atoms with E-state index >= 15 is 0 Å². The predicted molar refractivity (Wildman–Crippen MR) is 69.3 cm³/mol. The first-order valence-electron chi connectivity index (χ1n) is 6.04. The van der Waals surface area contributed by atoms with Crippen molar-refractivity contribution in [2.75, 3.05) is 0 Å². The molecule has 0 aliphatic heterocycles. The monoisotopic (exact) mass is 244 g/mol. The van der Waals surface area contributed by atoms with Crippen LogP contribution in [0.15, 0.2) is 36.4 Å². The fourth-order valence-electron chi connectivity index (χ4n) is 1.91. The maximum absolute atomic E-state index is 10.6. The van der Waals surface area contributed by atoms with Crippen LogP contribution in [0.2, 0.25) is 0 Å². The van der Waals surface area contributed by atoms with E-state index in [1.54, 1.807) is 0 Å². The fourth-order valence-corrected chi connectivity index (χ4v) is 1.91. The van der Waals surface area contributed by atoms with Gasteiger partial charge < -0.3 is 5.11 Å². The molecule has 1 N–H and O–H groups in total. The highest BCUT2D eigenvalue weighted by molar-refractivity contribution is 5.67. The van der Waals surface area contributed by atoms with Gasteiger partial charge in [0.2, 0.25) is 0 Å². The van der Waals surface area contributed by atoms with Crippen LogP contribution >= 0.6 is 0 Å². The van der Waals surface area contributed by atoms with Crippen molar-refractivity contribution >= 4 is 5.97 Å². The second kappa shape index (κ2) is 5.49. The van der Waals surface area contributed by atoms with E-state index in [0.29, 0.717) is 6.42 Å². The fraction of sp³-hybridized carbons (Fsp3) is 0.286. The largest absolute Gasteiger partial charge is 0.481 e. The average Bonchev–Trinajstić information content (AvgIpc) is 2.80. The number of benzene rings is 1. The van der Waals surface area contributed by atoms with Crippen LogP contribution in [0.1, 0.15) is 19.0 Å². The Bertz CT molecular complexity index is 532. The molecule has 0 atom stereocenters. The summed E-state index contributed by atoms with van der Waals surface area (Å²) in [5.41, 5.74) is 2.98. The van der Waals surface area contributed by atoms with Gasteiger partial charge in [0, 0.05) is 13.0 Å². The van der Waals surface area contributed by atoms with E-state index in [4.69, 9.17) is 5.11 Å². The lowest BCUT2D eigenvalue weighted by molar-refractivity contribution is -0.136. The summed E-state index contributed by atoms with van der Waals surface area (Å²) >= 11 is 0. The van der Waals surface area contributed by atoms with Gasteiger partial charge in [-0.3, -0.25) is 9.48 Å². The lowest BCUT2D eigenvalue weighted by Gasteiger charge is -2.03. The molecule has 0 radical (unpaired) electrons. The van der Waals surface area contributed by atoms with Gasteiger partial charge >= 0.3 is 5.97 Å². The number of aromatic nitrogens is 2. The first-order chi connectivity index (χ1) is 8.70. The zero-order valence-electron chi connectivity index (χ0n) is 10.3. The molecule has 0 bridgehead atoms. The van der Waals surface area contributed by atoms with E-state index in [-0.39, 0.29) is 6.42 Å². The number of hydrogen-bond donors (Lipinski definition) is 1. The minimum absolute atomic E-state index is 0.120. The Hall–Kier alpha value is -2.10. The Morgan fingerprint density at radius 3 is 2.67 bits per heavy atom. The van der Waals surface area contributed by atoms with Gasteiger partial charge in [-0.05, 0) is 18.6 Å². The summed E-state index contributed by atoms with van der Waals surface area (Å²) in [5, 5.41) is 13.1. The molecule has 0 saturated carbocycles. The quantitative estimate of drug-likeness (QED) is 0.879. The maximum Gasteiger partial charge on any atom is 0.303 e. The number of hydrogen-bond acceptors (Lipinski definition) is 2. The molecular weight excluding hydrogens is 228 g/mol. The first kappa shape index (κ1) is 12.4. The highest BCUT2D eigenvalue weighted by Crippen LogP contribution is 2.20. The van der Waals surface area contributed by atoms with Crippen molar-refractivity contribution in [3.8, 4) is 11.3 Å². The summed E-state index contributed by atoms with van der Waals surface area (Å²) in [6.45, 7) is 2.80. The number of aryl methyl sites for hydroxylation is 2. The van der Waals surface area contributed by atoms with E-state index in [0.717, 1.165) is 23.5 Å². The predicted octanol–water partition coefficient (Wildman–Crippen LogP) is 2.59. The summed E-state index contributed by atoms with van der Waals surface area (Å²) in [6, 6.07) is 12.0. The van der Waals surface area contributed by atoms with Crippen molar-refractivity contribution < 1.29 is 9.90 Å². The third-order valence-electron chi connectivity index (χ3n) is 2.79. The lowest BCUT2D eigenvalue weighted by Crippen LogP contribution is -2.01. The topological polar surface area (TPSA) is 55.1 Å². The van der Waals surface area contributed by atoms with Crippen molar-refractivity contribution in [2.24, 2.45) is 0 Å². The highest BCUT2D eigenvalue weighted by atomic mass is 16.4. The SMILES string of the molecule is CCn1nc(CCC(=O)O)cc1-c1ccccc1. The molecule has 0 aliphatic carbocycles. The first-order valence-corrected chi connectivity index (χ1v) is 6.04. The molecule has 0 saturated heterocycles. The van der Waals surface area contributed by atoms with Crippen molar-refractivity contribution in [3.63, 3.8) is 0 Å². The Balaban J connectivity index is 2.27. The summed E-state index contributed by atoms with van der Waals surface area (Å²) in [7, 11) is 0. The molecule has 1 aromatic heterocycles. The molecular formula is C14H16N2O2. The molecule has 0 amide bonds. The van der Waals surface area contributed by atoms with E-state index < -0.39 is 5.97 Å². The van der Waals surface area contributed by atoms with Crippen LogP contribution < -0.4 is 0 Å². The van der Waals surface area contributed by atoms with Crippen LogP contribution in [0.3, 0.4) is 0 Å². The number of nitrogens with zero attached hydrogens (tertiary/aromatic N) is 2. The zero-order valence-corrected chi connectivity index (χ0v) is 10.3. The van der Waals surface area contributed by atoms with Gasteiger partial charge in [-0.15, -0.1) is 0 Å². The Labute approximate surface area is 106 Å². The van der Waals surface area contributed by atoms with Crippen molar-refractivity contribution in [1.29, 1.82) is 0 Å². The zero-order chi connectivity index (χ0) is 13.0. The van der Waals surface area contributed by atoms with Crippen molar-refractivity contribution in [2.45, 2.75) is 26.3 Å². The average molecular weight is 244 g/mol. The molecule has 2 aromatic rings. The van der Waals surface area contributed by atoms with E-state index in [1.807, 2.05) is 48.0 Å². The van der Waals surface area contributed by atoms with Gasteiger partial charge in [-0.25, -0.2) is 0 Å². The summed E-state index contributed by atoms with van der Waals surface area (Å²) < 4.78 is 1.91. The van der Waals surface area contributed by atoms with Gasteiger partial charge in [0.15, 0.2) is 0 Å². The normalized spacial score (nSPS) is 10.5. The molecule has 4 heteroatoms. The standard InChI is InChI=1S/C14H16N2O2/c1-2-16-13(11-6-4-3-5-7-11)10-12(15-16)8-9-14(17)18/h3-7,10H,2,8-9H2,1H3,(H,17,18).